The van der Waals surface area contributed by atoms with E-state index in [1.54, 1.807) is 12.2 Å². The second kappa shape index (κ2) is 7.41. The summed E-state index contributed by atoms with van der Waals surface area (Å²) in [6.45, 7) is -0.262. The molecule has 5 rings (SSSR count). The molecule has 2 fully saturated rings. The number of ether oxygens (including phenoxy) is 1. The van der Waals surface area contributed by atoms with Gasteiger partial charge in [0.05, 0.1) is 17.7 Å². The van der Waals surface area contributed by atoms with Gasteiger partial charge in [0, 0.05) is 6.54 Å². The summed E-state index contributed by atoms with van der Waals surface area (Å²) in [6, 6.07) is 12.9. The molecule has 3 heterocycles. The summed E-state index contributed by atoms with van der Waals surface area (Å²) in [6.07, 6.45) is -2.25. The van der Waals surface area contributed by atoms with Crippen LogP contribution in [-0.2, 0) is 33.9 Å². The molecule has 170 valence electrons. The first-order chi connectivity index (χ1) is 15.1. The van der Waals surface area contributed by atoms with Gasteiger partial charge in [-0.15, -0.1) is 0 Å². The zero-order chi connectivity index (χ0) is 22.7. The summed E-state index contributed by atoms with van der Waals surface area (Å²) < 4.78 is 74.1. The lowest BCUT2D eigenvalue weighted by atomic mass is 9.83. The minimum Gasteiger partial charge on any atom is -0.388 e. The second-order valence-electron chi connectivity index (χ2n) is 8.58. The number of aliphatic hydroxyl groups is 1. The van der Waals surface area contributed by atoms with E-state index in [0.717, 1.165) is 17.7 Å². The fraction of sp³-hybridized carbons (Fsp3) is 0.391. The van der Waals surface area contributed by atoms with Crippen molar-refractivity contribution in [2.24, 2.45) is 0 Å². The smallest absolute Gasteiger partial charge is 0.388 e. The average Bonchev–Trinajstić information content (AvgIpc) is 3.36. The molecule has 3 aliphatic rings. The summed E-state index contributed by atoms with van der Waals surface area (Å²) >= 11 is 0. The van der Waals surface area contributed by atoms with E-state index in [1.165, 1.54) is 16.4 Å². The molecular formula is C23H22F3NO4S. The quantitative estimate of drug-likeness (QED) is 0.704. The molecule has 32 heavy (non-hydrogen) atoms. The third kappa shape index (κ3) is 3.39. The highest BCUT2D eigenvalue weighted by molar-refractivity contribution is 7.89. The maximum Gasteiger partial charge on any atom is 0.416 e. The van der Waals surface area contributed by atoms with E-state index in [0.29, 0.717) is 0 Å². The molecule has 5 atom stereocenters. The van der Waals surface area contributed by atoms with E-state index in [4.69, 9.17) is 4.74 Å². The number of sulfonamides is 1. The van der Waals surface area contributed by atoms with Crippen LogP contribution in [-0.4, -0.2) is 46.9 Å². The summed E-state index contributed by atoms with van der Waals surface area (Å²) in [7, 11) is -3.97. The van der Waals surface area contributed by atoms with Gasteiger partial charge in [0.1, 0.15) is 17.0 Å². The number of halogens is 3. The minimum absolute atomic E-state index is 0.205. The van der Waals surface area contributed by atoms with Gasteiger partial charge in [0.25, 0.3) is 0 Å². The molecule has 0 amide bonds. The van der Waals surface area contributed by atoms with Gasteiger partial charge < -0.3 is 9.84 Å². The van der Waals surface area contributed by atoms with E-state index < -0.39 is 50.9 Å². The fourth-order valence-corrected chi connectivity index (χ4v) is 7.52. The van der Waals surface area contributed by atoms with Gasteiger partial charge in [0.2, 0.25) is 10.0 Å². The normalized spacial score (nSPS) is 33.4. The lowest BCUT2D eigenvalue weighted by molar-refractivity contribution is -0.137. The van der Waals surface area contributed by atoms with Crippen LogP contribution in [0.5, 0.6) is 0 Å². The molecule has 0 aromatic heterocycles. The zero-order valence-corrected chi connectivity index (χ0v) is 17.8. The monoisotopic (exact) mass is 465 g/mol. The highest BCUT2D eigenvalue weighted by Crippen LogP contribution is 2.50. The third-order valence-corrected chi connectivity index (χ3v) is 8.97. The van der Waals surface area contributed by atoms with Crippen molar-refractivity contribution in [3.8, 4) is 0 Å². The Morgan fingerprint density at radius 3 is 2.50 bits per heavy atom. The van der Waals surface area contributed by atoms with E-state index in [1.807, 2.05) is 30.3 Å². The third-order valence-electron chi connectivity index (χ3n) is 6.64. The first kappa shape index (κ1) is 21.6. The fourth-order valence-electron chi connectivity index (χ4n) is 5.13. The molecule has 1 spiro atoms. The summed E-state index contributed by atoms with van der Waals surface area (Å²) in [5.74, 6) is 0. The number of alkyl halides is 3. The summed E-state index contributed by atoms with van der Waals surface area (Å²) in [5, 5.41) is 10.4. The van der Waals surface area contributed by atoms with E-state index in [-0.39, 0.29) is 24.9 Å². The maximum atomic E-state index is 13.7. The van der Waals surface area contributed by atoms with E-state index in [9.17, 15) is 26.7 Å². The molecule has 9 heteroatoms. The van der Waals surface area contributed by atoms with Crippen molar-refractivity contribution in [3.63, 3.8) is 0 Å². The van der Waals surface area contributed by atoms with Crippen LogP contribution in [0.15, 0.2) is 66.7 Å². The van der Waals surface area contributed by atoms with Crippen LogP contribution in [0.3, 0.4) is 0 Å². The first-order valence-electron chi connectivity index (χ1n) is 10.4. The van der Waals surface area contributed by atoms with Crippen molar-refractivity contribution >= 4 is 10.0 Å². The number of nitrogens with zero attached hydrogens (tertiary/aromatic N) is 1. The average molecular weight is 465 g/mol. The van der Waals surface area contributed by atoms with Gasteiger partial charge in [-0.1, -0.05) is 60.7 Å². The predicted octanol–water partition coefficient (Wildman–Crippen LogP) is 3.29. The molecule has 5 nitrogen and oxygen atoms in total. The van der Waals surface area contributed by atoms with Crippen molar-refractivity contribution < 1.29 is 31.4 Å². The van der Waals surface area contributed by atoms with Crippen LogP contribution in [0.1, 0.15) is 23.1 Å². The summed E-state index contributed by atoms with van der Waals surface area (Å²) in [4.78, 5) is 0. The Balaban J connectivity index is 1.56. The molecule has 0 radical (unpaired) electrons. The lowest BCUT2D eigenvalue weighted by Gasteiger charge is -2.49. The molecule has 2 aromatic carbocycles. The van der Waals surface area contributed by atoms with Gasteiger partial charge in [0.15, 0.2) is 0 Å². The number of aliphatic hydroxyl groups excluding tert-OH is 1. The van der Waals surface area contributed by atoms with Crippen molar-refractivity contribution in [3.05, 3.63) is 83.4 Å². The maximum absolute atomic E-state index is 13.7. The first-order valence-corrected chi connectivity index (χ1v) is 11.9. The van der Waals surface area contributed by atoms with Crippen LogP contribution in [0.2, 0.25) is 0 Å². The highest BCUT2D eigenvalue weighted by Gasteiger charge is 2.66. The molecule has 2 saturated heterocycles. The lowest BCUT2D eigenvalue weighted by Crippen LogP contribution is -2.68. The SMILES string of the molecule is O=S1(=O)[C@H]2C[C@@H]3C=C[C@]2(O3)[C@@H](O)[C@@H](Cc2ccccc2)N1Cc1cccc(C(F)(F)F)c1. The van der Waals surface area contributed by atoms with Crippen LogP contribution in [0.4, 0.5) is 13.2 Å². The standard InChI is InChI=1S/C23H22F3NO4S/c24-23(25,26)17-8-4-7-16(11-17)14-27-19(12-15-5-2-1-3-6-15)21(28)22-10-9-18(31-22)13-20(22)32(27,29)30/h1-11,18-21,28H,12-14H2/t18-,19+,20-,21-,22+/m0/s1. The van der Waals surface area contributed by atoms with Crippen LogP contribution in [0.25, 0.3) is 0 Å². The number of fused-ring (bicyclic) bond motifs is 1. The van der Waals surface area contributed by atoms with E-state index >= 15 is 0 Å². The van der Waals surface area contributed by atoms with E-state index in [2.05, 4.69) is 0 Å². The Kier molecular flexibility index (Phi) is 5.01. The number of hydrogen-bond donors (Lipinski definition) is 1. The van der Waals surface area contributed by atoms with Crippen molar-refractivity contribution in [2.45, 2.75) is 54.7 Å². The second-order valence-corrected chi connectivity index (χ2v) is 10.7. The highest BCUT2D eigenvalue weighted by atomic mass is 32.2. The van der Waals surface area contributed by atoms with Gasteiger partial charge >= 0.3 is 6.18 Å². The predicted molar refractivity (Wildman–Crippen MR) is 111 cm³/mol. The molecular weight excluding hydrogens is 443 g/mol. The Hall–Kier alpha value is -2.20. The molecule has 2 bridgehead atoms. The Morgan fingerprint density at radius 1 is 1.09 bits per heavy atom. The number of hydrogen-bond acceptors (Lipinski definition) is 4. The largest absolute Gasteiger partial charge is 0.416 e. The molecule has 2 aromatic rings. The van der Waals surface area contributed by atoms with Gasteiger partial charge in [-0.25, -0.2) is 8.42 Å². The van der Waals surface area contributed by atoms with Gasteiger partial charge in [-0.3, -0.25) is 0 Å². The van der Waals surface area contributed by atoms with Gasteiger partial charge in [-0.05, 0) is 30.0 Å². The topological polar surface area (TPSA) is 66.8 Å². The zero-order valence-electron chi connectivity index (χ0n) is 16.9. The minimum atomic E-state index is -4.53. The molecule has 1 N–H and O–H groups in total. The molecule has 0 unspecified atom stereocenters. The number of rotatable bonds is 4. The Bertz CT molecular complexity index is 1150. The van der Waals surface area contributed by atoms with Crippen molar-refractivity contribution in [2.75, 3.05) is 0 Å². The van der Waals surface area contributed by atoms with Gasteiger partial charge in [-0.2, -0.15) is 17.5 Å². The number of benzene rings is 2. The van der Waals surface area contributed by atoms with Crippen molar-refractivity contribution in [1.29, 1.82) is 0 Å². The molecule has 0 saturated carbocycles. The van der Waals surface area contributed by atoms with Crippen LogP contribution in [0, 0.1) is 0 Å². The van der Waals surface area contributed by atoms with Crippen LogP contribution >= 0.6 is 0 Å². The Labute approximate surface area is 184 Å². The summed E-state index contributed by atoms with van der Waals surface area (Å²) in [5.41, 5.74) is -1.14. The molecule has 3 aliphatic heterocycles. The molecule has 0 aliphatic carbocycles. The van der Waals surface area contributed by atoms with Crippen LogP contribution < -0.4 is 0 Å². The van der Waals surface area contributed by atoms with Crippen molar-refractivity contribution in [1.82, 2.24) is 4.31 Å². The Morgan fingerprint density at radius 2 is 1.81 bits per heavy atom.